The number of aryl methyl sites for hydroxylation is 1. The number of hydrogen-bond donors (Lipinski definition) is 1. The molecular formula is C15H14N4O4. The molecule has 0 amide bonds. The van der Waals surface area contributed by atoms with E-state index >= 15 is 0 Å². The largest absolute Gasteiger partial charge is 0.344 e. The van der Waals surface area contributed by atoms with E-state index in [4.69, 9.17) is 0 Å². The maximum Gasteiger partial charge on any atom is 0.301 e. The summed E-state index contributed by atoms with van der Waals surface area (Å²) in [5.74, 6) is 0.436. The van der Waals surface area contributed by atoms with Gasteiger partial charge in [-0.1, -0.05) is 17.7 Å². The van der Waals surface area contributed by atoms with E-state index in [1.165, 1.54) is 12.1 Å². The summed E-state index contributed by atoms with van der Waals surface area (Å²) in [4.78, 5) is 24.5. The molecule has 8 heteroatoms. The van der Waals surface area contributed by atoms with Crippen LogP contribution in [0.15, 0.2) is 47.5 Å². The zero-order valence-electron chi connectivity index (χ0n) is 12.5. The second kappa shape index (κ2) is 6.65. The Balaban J connectivity index is 2.31. The zero-order chi connectivity index (χ0) is 17.0. The minimum absolute atomic E-state index is 0.0534. The summed E-state index contributed by atoms with van der Waals surface area (Å²) < 4.78 is 0. The molecule has 118 valence electrons. The maximum atomic E-state index is 11.1. The highest BCUT2D eigenvalue weighted by Crippen LogP contribution is 2.31. The van der Waals surface area contributed by atoms with Gasteiger partial charge in [-0.3, -0.25) is 20.2 Å². The summed E-state index contributed by atoms with van der Waals surface area (Å²) in [5, 5.41) is 24.8. The molecule has 0 atom stereocenters. The van der Waals surface area contributed by atoms with E-state index in [1.54, 1.807) is 6.92 Å². The Kier molecular flexibility index (Phi) is 4.65. The molecule has 0 aliphatic rings. The van der Waals surface area contributed by atoms with Crippen molar-refractivity contribution in [3.05, 3.63) is 68.3 Å². The van der Waals surface area contributed by atoms with Gasteiger partial charge < -0.3 is 5.32 Å². The van der Waals surface area contributed by atoms with Gasteiger partial charge in [0.2, 0.25) is 0 Å². The summed E-state index contributed by atoms with van der Waals surface area (Å²) in [6.07, 6.45) is 0. The maximum absolute atomic E-state index is 11.1. The predicted molar refractivity (Wildman–Crippen MR) is 87.3 cm³/mol. The molecule has 0 spiro atoms. The first-order valence-corrected chi connectivity index (χ1v) is 6.68. The molecular weight excluding hydrogens is 300 g/mol. The Morgan fingerprint density at radius 2 is 1.70 bits per heavy atom. The van der Waals surface area contributed by atoms with Crippen molar-refractivity contribution in [3.8, 4) is 0 Å². The second-order valence-corrected chi connectivity index (χ2v) is 4.88. The van der Waals surface area contributed by atoms with Crippen LogP contribution in [0.4, 0.5) is 22.7 Å². The number of aliphatic imine (C=N–C) groups is 1. The van der Waals surface area contributed by atoms with Crippen molar-refractivity contribution < 1.29 is 9.85 Å². The van der Waals surface area contributed by atoms with Crippen LogP contribution >= 0.6 is 0 Å². The fraction of sp³-hybridized carbons (Fsp3) is 0.133. The molecule has 0 unspecified atom stereocenters. The van der Waals surface area contributed by atoms with Gasteiger partial charge in [-0.25, -0.2) is 4.99 Å². The minimum atomic E-state index is -0.689. The van der Waals surface area contributed by atoms with Gasteiger partial charge in [-0.15, -0.1) is 0 Å². The van der Waals surface area contributed by atoms with Gasteiger partial charge in [-0.05, 0) is 32.0 Å². The van der Waals surface area contributed by atoms with Gasteiger partial charge in [-0.2, -0.15) is 0 Å². The van der Waals surface area contributed by atoms with Crippen molar-refractivity contribution in [2.75, 3.05) is 5.32 Å². The fourth-order valence-electron chi connectivity index (χ4n) is 1.92. The van der Waals surface area contributed by atoms with Crippen LogP contribution in [-0.2, 0) is 0 Å². The van der Waals surface area contributed by atoms with Crippen molar-refractivity contribution in [2.24, 2.45) is 4.99 Å². The van der Waals surface area contributed by atoms with E-state index in [0.29, 0.717) is 5.84 Å². The van der Waals surface area contributed by atoms with E-state index in [9.17, 15) is 20.2 Å². The summed E-state index contributed by atoms with van der Waals surface area (Å²) in [7, 11) is 0. The molecule has 1 N–H and O–H groups in total. The molecule has 0 heterocycles. The lowest BCUT2D eigenvalue weighted by molar-refractivity contribution is -0.393. The molecule has 0 bridgehead atoms. The quantitative estimate of drug-likeness (QED) is 0.397. The van der Waals surface area contributed by atoms with Crippen LogP contribution in [0.25, 0.3) is 0 Å². The zero-order valence-corrected chi connectivity index (χ0v) is 12.5. The number of rotatable bonds is 4. The molecule has 0 radical (unpaired) electrons. The normalized spacial score (nSPS) is 11.1. The lowest BCUT2D eigenvalue weighted by atomic mass is 10.2. The third-order valence-electron chi connectivity index (χ3n) is 3.03. The number of anilines is 1. The number of hydrogen-bond acceptors (Lipinski definition) is 5. The average molecular weight is 314 g/mol. The first-order chi connectivity index (χ1) is 10.9. The van der Waals surface area contributed by atoms with Gasteiger partial charge in [0.1, 0.15) is 11.5 Å². The van der Waals surface area contributed by atoms with Gasteiger partial charge >= 0.3 is 5.69 Å². The highest BCUT2D eigenvalue weighted by Gasteiger charge is 2.19. The Bertz CT molecular complexity index is 785. The molecule has 2 aromatic carbocycles. The van der Waals surface area contributed by atoms with Crippen molar-refractivity contribution in [3.63, 3.8) is 0 Å². The van der Waals surface area contributed by atoms with Crippen molar-refractivity contribution in [1.29, 1.82) is 0 Å². The lowest BCUT2D eigenvalue weighted by Crippen LogP contribution is -2.06. The Hall–Kier alpha value is -3.29. The molecule has 0 aromatic heterocycles. The number of amidine groups is 1. The molecule has 23 heavy (non-hydrogen) atoms. The number of nitro benzene ring substituents is 2. The summed E-state index contributed by atoms with van der Waals surface area (Å²) in [6.45, 7) is 3.62. The van der Waals surface area contributed by atoms with Gasteiger partial charge in [0.05, 0.1) is 15.9 Å². The summed E-state index contributed by atoms with van der Waals surface area (Å²) in [5.41, 5.74) is 1.19. The first kappa shape index (κ1) is 16.1. The van der Waals surface area contributed by atoms with Crippen LogP contribution < -0.4 is 5.32 Å². The number of nitro groups is 2. The molecule has 0 aliphatic heterocycles. The Labute approximate surface area is 131 Å². The van der Waals surface area contributed by atoms with E-state index in [2.05, 4.69) is 10.3 Å². The smallest absolute Gasteiger partial charge is 0.301 e. The fourth-order valence-corrected chi connectivity index (χ4v) is 1.92. The van der Waals surface area contributed by atoms with E-state index in [1.807, 2.05) is 31.2 Å². The molecule has 8 nitrogen and oxygen atoms in total. The number of non-ortho nitro benzene ring substituents is 1. The number of nitrogens with one attached hydrogen (secondary N) is 1. The molecule has 0 aliphatic carbocycles. The van der Waals surface area contributed by atoms with Crippen LogP contribution in [0.3, 0.4) is 0 Å². The van der Waals surface area contributed by atoms with Gasteiger partial charge in [0.15, 0.2) is 0 Å². The number of nitrogens with zero attached hydrogens (tertiary/aromatic N) is 3. The highest BCUT2D eigenvalue weighted by atomic mass is 16.6. The van der Waals surface area contributed by atoms with Gasteiger partial charge in [0, 0.05) is 11.8 Å². The standard InChI is InChI=1S/C15H14N4O4/c1-10-3-5-12(6-4-10)16-11(2)17-14-8-7-13(18(20)21)9-15(14)19(22)23/h3-9H,1-2H3,(H,16,17). The molecule has 0 saturated heterocycles. The lowest BCUT2D eigenvalue weighted by Gasteiger charge is -2.06. The predicted octanol–water partition coefficient (Wildman–Crippen LogP) is 3.97. The Morgan fingerprint density at radius 3 is 2.26 bits per heavy atom. The monoisotopic (exact) mass is 314 g/mol. The second-order valence-electron chi connectivity index (χ2n) is 4.88. The first-order valence-electron chi connectivity index (χ1n) is 6.68. The highest BCUT2D eigenvalue weighted by molar-refractivity contribution is 5.95. The molecule has 0 saturated carbocycles. The average Bonchev–Trinajstić information content (AvgIpc) is 2.49. The van der Waals surface area contributed by atoms with Crippen LogP contribution in [0.2, 0.25) is 0 Å². The van der Waals surface area contributed by atoms with Crippen LogP contribution in [0.1, 0.15) is 12.5 Å². The third kappa shape index (κ3) is 4.10. The van der Waals surface area contributed by atoms with E-state index < -0.39 is 15.5 Å². The molecule has 2 rings (SSSR count). The van der Waals surface area contributed by atoms with Crippen molar-refractivity contribution >= 4 is 28.6 Å². The summed E-state index contributed by atoms with van der Waals surface area (Å²) >= 11 is 0. The molecule has 0 fully saturated rings. The molecule has 2 aromatic rings. The summed E-state index contributed by atoms with van der Waals surface area (Å²) in [6, 6.07) is 10.9. The van der Waals surface area contributed by atoms with Crippen LogP contribution in [0.5, 0.6) is 0 Å². The minimum Gasteiger partial charge on any atom is -0.344 e. The number of benzene rings is 2. The van der Waals surface area contributed by atoms with Crippen molar-refractivity contribution in [2.45, 2.75) is 13.8 Å². The Morgan fingerprint density at radius 1 is 1.04 bits per heavy atom. The topological polar surface area (TPSA) is 111 Å². The third-order valence-corrected chi connectivity index (χ3v) is 3.03. The van der Waals surface area contributed by atoms with E-state index in [0.717, 1.165) is 17.3 Å². The van der Waals surface area contributed by atoms with E-state index in [-0.39, 0.29) is 11.4 Å². The van der Waals surface area contributed by atoms with Crippen LogP contribution in [-0.4, -0.2) is 15.7 Å². The van der Waals surface area contributed by atoms with Crippen LogP contribution in [0, 0.1) is 27.2 Å². The SMILES string of the molecule is CC(=Nc1ccc([N+](=O)[O-])cc1[N+](=O)[O-])Nc1ccc(C)cc1. The van der Waals surface area contributed by atoms with Gasteiger partial charge in [0.25, 0.3) is 5.69 Å². The van der Waals surface area contributed by atoms with Crippen molar-refractivity contribution in [1.82, 2.24) is 0 Å².